The van der Waals surface area contributed by atoms with Crippen molar-refractivity contribution in [3.05, 3.63) is 35.6 Å². The van der Waals surface area contributed by atoms with Gasteiger partial charge in [-0.05, 0) is 37.5 Å². The molecule has 1 heterocycles. The van der Waals surface area contributed by atoms with E-state index in [2.05, 4.69) is 17.2 Å². The van der Waals surface area contributed by atoms with Crippen LogP contribution in [0.15, 0.2) is 29.3 Å². The highest BCUT2D eigenvalue weighted by Gasteiger charge is 2.12. The molecule has 17 heavy (non-hydrogen) atoms. The second-order valence-electron chi connectivity index (χ2n) is 4.25. The molecule has 92 valence electrons. The van der Waals surface area contributed by atoms with Crippen LogP contribution in [-0.4, -0.2) is 23.5 Å². The van der Waals surface area contributed by atoms with Gasteiger partial charge < -0.3 is 5.32 Å². The molecule has 0 saturated carbocycles. The second-order valence-corrected chi connectivity index (χ2v) is 5.33. The van der Waals surface area contributed by atoms with Crippen LogP contribution in [0.4, 0.5) is 4.39 Å². The van der Waals surface area contributed by atoms with Crippen molar-refractivity contribution < 1.29 is 4.39 Å². The summed E-state index contributed by atoms with van der Waals surface area (Å²) in [6, 6.07) is 7.24. The van der Waals surface area contributed by atoms with E-state index < -0.39 is 0 Å². The minimum Gasteiger partial charge on any atom is -0.362 e. The van der Waals surface area contributed by atoms with Gasteiger partial charge in [0.05, 0.1) is 0 Å². The Morgan fingerprint density at radius 3 is 3.18 bits per heavy atom. The minimum atomic E-state index is -0.172. The molecule has 1 atom stereocenters. The van der Waals surface area contributed by atoms with Crippen LogP contribution in [0, 0.1) is 5.82 Å². The number of thioether (sulfide) groups is 1. The highest BCUT2D eigenvalue weighted by molar-refractivity contribution is 8.13. The third kappa shape index (κ3) is 4.04. The number of benzene rings is 1. The molecular formula is C13H17FN2S. The summed E-state index contributed by atoms with van der Waals surface area (Å²) in [7, 11) is 0. The molecule has 1 saturated heterocycles. The molecule has 2 nitrogen and oxygen atoms in total. The van der Waals surface area contributed by atoms with Crippen LogP contribution in [0.3, 0.4) is 0 Å². The fraction of sp³-hybridized carbons (Fsp3) is 0.462. The highest BCUT2D eigenvalue weighted by atomic mass is 32.2. The minimum absolute atomic E-state index is 0.172. The topological polar surface area (TPSA) is 24.4 Å². The Balaban J connectivity index is 1.84. The molecule has 0 aliphatic carbocycles. The van der Waals surface area contributed by atoms with E-state index in [0.29, 0.717) is 12.6 Å². The normalized spacial score (nSPS) is 22.5. The lowest BCUT2D eigenvalue weighted by atomic mass is 10.1. The van der Waals surface area contributed by atoms with E-state index in [1.165, 1.54) is 12.5 Å². The molecule has 1 aromatic carbocycles. The lowest BCUT2D eigenvalue weighted by Crippen LogP contribution is -2.35. The molecule has 0 spiro atoms. The van der Waals surface area contributed by atoms with Crippen LogP contribution in [0.1, 0.15) is 18.9 Å². The van der Waals surface area contributed by atoms with Crippen LogP contribution in [0.2, 0.25) is 0 Å². The molecule has 0 aromatic heterocycles. The standard InChI is InChI=1S/C13H17FN2S/c1-10-6-8-17-13(16-10)15-7-5-11-3-2-4-12(14)9-11/h2-4,9-10H,5-8H2,1H3,(H,15,16). The maximum Gasteiger partial charge on any atom is 0.156 e. The lowest BCUT2D eigenvalue weighted by molar-refractivity contribution is 0.625. The molecular weight excluding hydrogens is 235 g/mol. The fourth-order valence-corrected chi connectivity index (χ4v) is 2.86. The Labute approximate surface area is 106 Å². The Morgan fingerprint density at radius 1 is 1.53 bits per heavy atom. The maximum absolute atomic E-state index is 12.9. The summed E-state index contributed by atoms with van der Waals surface area (Å²) in [5.74, 6) is 0.960. The first-order valence-corrected chi connectivity index (χ1v) is 6.91. The van der Waals surface area contributed by atoms with E-state index in [1.807, 2.05) is 6.07 Å². The van der Waals surface area contributed by atoms with Crippen molar-refractivity contribution in [3.8, 4) is 0 Å². The van der Waals surface area contributed by atoms with Crippen LogP contribution in [0.25, 0.3) is 0 Å². The molecule has 4 heteroatoms. The van der Waals surface area contributed by atoms with Gasteiger partial charge >= 0.3 is 0 Å². The Hall–Kier alpha value is -1.03. The van der Waals surface area contributed by atoms with Gasteiger partial charge in [-0.3, -0.25) is 4.99 Å². The predicted molar refractivity (Wildman–Crippen MR) is 72.1 cm³/mol. The first-order chi connectivity index (χ1) is 8.24. The largest absolute Gasteiger partial charge is 0.362 e. The van der Waals surface area contributed by atoms with Gasteiger partial charge in [0, 0.05) is 18.3 Å². The first-order valence-electron chi connectivity index (χ1n) is 5.92. The van der Waals surface area contributed by atoms with Gasteiger partial charge in [0.25, 0.3) is 0 Å². The van der Waals surface area contributed by atoms with Crippen molar-refractivity contribution in [3.63, 3.8) is 0 Å². The Bertz CT molecular complexity index is 406. The maximum atomic E-state index is 12.9. The average molecular weight is 252 g/mol. The van der Waals surface area contributed by atoms with E-state index in [9.17, 15) is 4.39 Å². The van der Waals surface area contributed by atoms with Crippen molar-refractivity contribution in [2.24, 2.45) is 4.99 Å². The van der Waals surface area contributed by atoms with Crippen LogP contribution in [-0.2, 0) is 6.42 Å². The molecule has 1 fully saturated rings. The molecule has 0 amide bonds. The summed E-state index contributed by atoms with van der Waals surface area (Å²) in [6.07, 6.45) is 1.98. The zero-order chi connectivity index (χ0) is 12.1. The fourth-order valence-electron chi connectivity index (χ4n) is 1.73. The number of rotatable bonds is 3. The molecule has 1 aliphatic rings. The number of amidine groups is 1. The van der Waals surface area contributed by atoms with E-state index in [1.54, 1.807) is 23.9 Å². The van der Waals surface area contributed by atoms with Gasteiger partial charge in [-0.15, -0.1) is 0 Å². The van der Waals surface area contributed by atoms with E-state index >= 15 is 0 Å². The van der Waals surface area contributed by atoms with Gasteiger partial charge in [-0.1, -0.05) is 23.9 Å². The highest BCUT2D eigenvalue weighted by Crippen LogP contribution is 2.13. The summed E-state index contributed by atoms with van der Waals surface area (Å²) in [6.45, 7) is 2.88. The van der Waals surface area contributed by atoms with Crippen LogP contribution in [0.5, 0.6) is 0 Å². The molecule has 0 bridgehead atoms. The van der Waals surface area contributed by atoms with Crippen molar-refractivity contribution in [2.45, 2.75) is 25.8 Å². The van der Waals surface area contributed by atoms with Gasteiger partial charge in [0.1, 0.15) is 5.82 Å². The molecule has 0 radical (unpaired) electrons. The molecule has 1 aliphatic heterocycles. The number of aliphatic imine (C=N–C) groups is 1. The third-order valence-corrected chi connectivity index (χ3v) is 3.66. The van der Waals surface area contributed by atoms with Crippen molar-refractivity contribution in [1.29, 1.82) is 0 Å². The van der Waals surface area contributed by atoms with Gasteiger partial charge in [-0.2, -0.15) is 0 Å². The molecule has 1 N–H and O–H groups in total. The lowest BCUT2D eigenvalue weighted by Gasteiger charge is -2.21. The summed E-state index contributed by atoms with van der Waals surface area (Å²) in [4.78, 5) is 4.50. The van der Waals surface area contributed by atoms with Crippen molar-refractivity contribution >= 4 is 16.9 Å². The van der Waals surface area contributed by atoms with Crippen molar-refractivity contribution in [2.75, 3.05) is 12.3 Å². The Kier molecular flexibility index (Phi) is 4.42. The molecule has 1 aromatic rings. The molecule has 1 unspecified atom stereocenters. The molecule has 2 rings (SSSR count). The van der Waals surface area contributed by atoms with Crippen LogP contribution < -0.4 is 5.32 Å². The number of nitrogens with zero attached hydrogens (tertiary/aromatic N) is 1. The van der Waals surface area contributed by atoms with Crippen LogP contribution >= 0.6 is 11.8 Å². The first kappa shape index (κ1) is 12.4. The SMILES string of the molecule is CC1CCSC(=NCCc2cccc(F)c2)N1. The zero-order valence-corrected chi connectivity index (χ0v) is 10.8. The second kappa shape index (κ2) is 6.05. The van der Waals surface area contributed by atoms with Crippen molar-refractivity contribution in [1.82, 2.24) is 5.32 Å². The average Bonchev–Trinajstić information content (AvgIpc) is 2.29. The van der Waals surface area contributed by atoms with E-state index in [0.717, 1.165) is 22.9 Å². The van der Waals surface area contributed by atoms with Gasteiger partial charge in [0.2, 0.25) is 0 Å². The summed E-state index contributed by atoms with van der Waals surface area (Å²) >= 11 is 1.77. The van der Waals surface area contributed by atoms with E-state index in [-0.39, 0.29) is 5.82 Å². The number of nitrogens with one attached hydrogen (secondary N) is 1. The van der Waals surface area contributed by atoms with Gasteiger partial charge in [-0.25, -0.2) is 4.39 Å². The third-order valence-electron chi connectivity index (χ3n) is 2.70. The number of halogens is 1. The number of hydrogen-bond acceptors (Lipinski definition) is 2. The van der Waals surface area contributed by atoms with E-state index in [4.69, 9.17) is 0 Å². The summed E-state index contributed by atoms with van der Waals surface area (Å²) < 4.78 is 12.9. The smallest absolute Gasteiger partial charge is 0.156 e. The monoisotopic (exact) mass is 252 g/mol. The summed E-state index contributed by atoms with van der Waals surface area (Å²) in [5, 5.41) is 4.38. The summed E-state index contributed by atoms with van der Waals surface area (Å²) in [5.41, 5.74) is 1.00. The zero-order valence-electron chi connectivity index (χ0n) is 9.95. The van der Waals surface area contributed by atoms with Gasteiger partial charge in [0.15, 0.2) is 5.17 Å². The number of hydrogen-bond donors (Lipinski definition) is 1. The Morgan fingerprint density at radius 2 is 2.41 bits per heavy atom. The predicted octanol–water partition coefficient (Wildman–Crippen LogP) is 2.84. The quantitative estimate of drug-likeness (QED) is 0.894.